The standard InChI is InChI=1S/C25H35BN3O7/c1-14-10-19-18-6-7-20(22(25(31)32)24(18)36-26(33,34)23(14)19)35-17-12-29(13-17)21(30)11-15-2-4-16(5-3-15)28-9-8-27/h6-7,15-17,19,23,28,33-34H,1-5,8-13,27H2,(H,31,32)/q-1/t15?,16?,19-,23-/m1/s1. The van der Waals surface area contributed by atoms with Crippen LogP contribution in [0.15, 0.2) is 24.3 Å². The molecule has 2 atom stereocenters. The molecule has 196 valence electrons. The zero-order valence-electron chi connectivity index (χ0n) is 20.4. The third-order valence-corrected chi connectivity index (χ3v) is 8.29. The summed E-state index contributed by atoms with van der Waals surface area (Å²) in [7, 11) is 0. The van der Waals surface area contributed by atoms with Crippen molar-refractivity contribution in [2.45, 2.75) is 62.4 Å². The number of ether oxygens (including phenoxy) is 1. The maximum Gasteiger partial charge on any atom is 0.438 e. The molecule has 2 aliphatic carbocycles. The second-order valence-corrected chi connectivity index (χ2v) is 10.7. The van der Waals surface area contributed by atoms with E-state index in [0.717, 1.165) is 32.2 Å². The molecule has 11 heteroatoms. The lowest BCUT2D eigenvalue weighted by Gasteiger charge is -2.55. The van der Waals surface area contributed by atoms with E-state index in [1.54, 1.807) is 17.0 Å². The number of fused-ring (bicyclic) bond motifs is 3. The van der Waals surface area contributed by atoms with Gasteiger partial charge in [0.25, 0.3) is 0 Å². The van der Waals surface area contributed by atoms with E-state index in [0.29, 0.717) is 55.6 Å². The molecule has 4 aliphatic rings. The molecule has 6 N–H and O–H groups in total. The number of nitrogens with two attached hydrogens (primary N) is 1. The zero-order chi connectivity index (χ0) is 25.6. The Morgan fingerprint density at radius 2 is 1.94 bits per heavy atom. The number of likely N-dealkylation sites (tertiary alicyclic amines) is 1. The molecule has 36 heavy (non-hydrogen) atoms. The van der Waals surface area contributed by atoms with Gasteiger partial charge < -0.3 is 40.5 Å². The molecule has 10 nitrogen and oxygen atoms in total. The largest absolute Gasteiger partial charge is 0.669 e. The monoisotopic (exact) mass is 500 g/mol. The lowest BCUT2D eigenvalue weighted by Crippen LogP contribution is -2.57. The van der Waals surface area contributed by atoms with E-state index in [1.165, 1.54) is 0 Å². The molecular weight excluding hydrogens is 465 g/mol. The van der Waals surface area contributed by atoms with E-state index in [4.69, 9.17) is 15.1 Å². The maximum atomic E-state index is 12.7. The minimum Gasteiger partial charge on any atom is -0.669 e. The highest BCUT2D eigenvalue weighted by Gasteiger charge is 2.52. The molecular formula is C25H35BN3O7-. The van der Waals surface area contributed by atoms with Crippen LogP contribution >= 0.6 is 0 Å². The molecule has 3 fully saturated rings. The van der Waals surface area contributed by atoms with Crippen molar-refractivity contribution in [2.75, 3.05) is 26.2 Å². The first kappa shape index (κ1) is 25.1. The molecule has 1 aromatic rings. The van der Waals surface area contributed by atoms with Crippen molar-refractivity contribution >= 4 is 18.6 Å². The van der Waals surface area contributed by atoms with Gasteiger partial charge in [-0.25, -0.2) is 4.79 Å². The molecule has 1 aromatic carbocycles. The van der Waals surface area contributed by atoms with E-state index in [-0.39, 0.29) is 35.0 Å². The normalized spacial score (nSPS) is 28.8. The smallest absolute Gasteiger partial charge is 0.438 e. The first-order chi connectivity index (χ1) is 17.2. The quantitative estimate of drug-likeness (QED) is 0.262. The van der Waals surface area contributed by atoms with Gasteiger partial charge in [0.2, 0.25) is 5.91 Å². The first-order valence-corrected chi connectivity index (χ1v) is 12.9. The zero-order valence-corrected chi connectivity index (χ0v) is 20.4. The van der Waals surface area contributed by atoms with Gasteiger partial charge in [0.05, 0.1) is 18.8 Å². The Hall–Kier alpha value is -2.60. The molecule has 5 rings (SSSR count). The fourth-order valence-corrected chi connectivity index (χ4v) is 6.26. The Morgan fingerprint density at radius 3 is 2.58 bits per heavy atom. The van der Waals surface area contributed by atoms with Crippen LogP contribution in [0.3, 0.4) is 0 Å². The van der Waals surface area contributed by atoms with Crippen molar-refractivity contribution in [1.29, 1.82) is 0 Å². The number of aromatic carboxylic acids is 1. The summed E-state index contributed by atoms with van der Waals surface area (Å²) >= 11 is 0. The topological polar surface area (TPSA) is 155 Å². The van der Waals surface area contributed by atoms with Gasteiger partial charge in [-0.3, -0.25) is 4.79 Å². The Balaban J connectivity index is 1.18. The van der Waals surface area contributed by atoms with Crippen LogP contribution in [0.4, 0.5) is 0 Å². The van der Waals surface area contributed by atoms with Crippen molar-refractivity contribution in [3.8, 4) is 11.5 Å². The summed E-state index contributed by atoms with van der Waals surface area (Å²) in [5, 5.41) is 34.2. The Bertz CT molecular complexity index is 1050. The van der Waals surface area contributed by atoms with Crippen LogP contribution in [-0.2, 0) is 4.79 Å². The predicted molar refractivity (Wildman–Crippen MR) is 133 cm³/mol. The average Bonchev–Trinajstić information content (AvgIpc) is 2.78. The SMILES string of the molecule is C=C1C[C@@H]2c3ccc(OC4CN(C(=O)CC5CCC(NCCN)CC5)C4)c(C(=O)O)c3O[B-](O)(O)[C@H]12. The number of carboxylic acid groups (broad SMARTS) is 1. The minimum atomic E-state index is -3.26. The number of nitrogens with one attached hydrogen (secondary N) is 1. The summed E-state index contributed by atoms with van der Waals surface area (Å²) in [6, 6.07) is 3.82. The summed E-state index contributed by atoms with van der Waals surface area (Å²) in [5.74, 6) is -1.61. The third-order valence-electron chi connectivity index (χ3n) is 8.29. The predicted octanol–water partition coefficient (Wildman–Crippen LogP) is 1.20. The first-order valence-electron chi connectivity index (χ1n) is 12.9. The van der Waals surface area contributed by atoms with Crippen molar-refractivity contribution in [1.82, 2.24) is 10.2 Å². The van der Waals surface area contributed by atoms with Crippen LogP contribution in [0.2, 0.25) is 5.82 Å². The summed E-state index contributed by atoms with van der Waals surface area (Å²) < 4.78 is 11.4. The molecule has 0 bridgehead atoms. The van der Waals surface area contributed by atoms with E-state index < -0.39 is 18.5 Å². The third kappa shape index (κ3) is 4.60. The number of allylic oxidation sites excluding steroid dienone is 1. The van der Waals surface area contributed by atoms with Crippen LogP contribution in [0.25, 0.3) is 0 Å². The highest BCUT2D eigenvalue weighted by atomic mass is 16.6. The van der Waals surface area contributed by atoms with Gasteiger partial charge in [0.1, 0.15) is 17.4 Å². The van der Waals surface area contributed by atoms with Gasteiger partial charge in [-0.15, -0.1) is 6.58 Å². The van der Waals surface area contributed by atoms with Crippen molar-refractivity contribution in [3.63, 3.8) is 0 Å². The van der Waals surface area contributed by atoms with Gasteiger partial charge in [0.15, 0.2) is 0 Å². The lowest BCUT2D eigenvalue weighted by atomic mass is 9.44. The number of carbonyl (C=O) groups is 2. The minimum absolute atomic E-state index is 0.0532. The van der Waals surface area contributed by atoms with Crippen LogP contribution in [-0.4, -0.2) is 77.0 Å². The van der Waals surface area contributed by atoms with Gasteiger partial charge in [0, 0.05) is 25.6 Å². The molecule has 0 unspecified atom stereocenters. The second-order valence-electron chi connectivity index (χ2n) is 10.7. The lowest BCUT2D eigenvalue weighted by molar-refractivity contribution is -0.141. The number of amides is 1. The average molecular weight is 500 g/mol. The highest BCUT2D eigenvalue weighted by molar-refractivity contribution is 6.62. The maximum absolute atomic E-state index is 12.7. The van der Waals surface area contributed by atoms with E-state index in [2.05, 4.69) is 11.9 Å². The van der Waals surface area contributed by atoms with Crippen molar-refractivity contribution in [2.24, 2.45) is 11.7 Å². The number of carbonyl (C=O) groups excluding carboxylic acids is 1. The fraction of sp³-hybridized carbons (Fsp3) is 0.600. The second kappa shape index (κ2) is 9.70. The number of hydrogen-bond donors (Lipinski definition) is 5. The molecule has 2 saturated carbocycles. The summed E-state index contributed by atoms with van der Waals surface area (Å²) in [5.41, 5.74) is 6.64. The van der Waals surface area contributed by atoms with Crippen molar-refractivity contribution in [3.05, 3.63) is 35.4 Å². The fourth-order valence-electron chi connectivity index (χ4n) is 6.26. The number of carboxylic acids is 1. The van der Waals surface area contributed by atoms with Crippen LogP contribution in [0.5, 0.6) is 11.5 Å². The van der Waals surface area contributed by atoms with Crippen LogP contribution in [0.1, 0.15) is 60.4 Å². The molecule has 2 aliphatic heterocycles. The number of hydrogen-bond acceptors (Lipinski definition) is 8. The Morgan fingerprint density at radius 1 is 1.22 bits per heavy atom. The van der Waals surface area contributed by atoms with Crippen LogP contribution < -0.4 is 20.4 Å². The van der Waals surface area contributed by atoms with Gasteiger partial charge in [-0.05, 0) is 61.4 Å². The number of benzene rings is 1. The molecule has 2 heterocycles. The highest BCUT2D eigenvalue weighted by Crippen LogP contribution is 2.60. The molecule has 0 radical (unpaired) electrons. The summed E-state index contributed by atoms with van der Waals surface area (Å²) in [6.07, 6.45) is 4.90. The summed E-state index contributed by atoms with van der Waals surface area (Å²) in [6.45, 7) is 2.83. The molecule has 0 spiro atoms. The molecule has 1 saturated heterocycles. The number of nitrogens with zero attached hydrogens (tertiary/aromatic N) is 1. The van der Waals surface area contributed by atoms with Gasteiger partial charge in [-0.1, -0.05) is 11.6 Å². The Kier molecular flexibility index (Phi) is 6.75. The Labute approximate surface area is 210 Å². The van der Waals surface area contributed by atoms with Crippen LogP contribution in [0, 0.1) is 5.92 Å². The van der Waals surface area contributed by atoms with E-state index >= 15 is 0 Å². The van der Waals surface area contributed by atoms with Gasteiger partial charge in [-0.2, -0.15) is 0 Å². The van der Waals surface area contributed by atoms with E-state index in [9.17, 15) is 24.7 Å². The summed E-state index contributed by atoms with van der Waals surface area (Å²) in [4.78, 5) is 26.6. The van der Waals surface area contributed by atoms with E-state index in [1.807, 2.05) is 0 Å². The molecule has 0 aromatic heterocycles. The van der Waals surface area contributed by atoms with Gasteiger partial charge >= 0.3 is 12.7 Å². The number of rotatable bonds is 8. The van der Waals surface area contributed by atoms with Crippen molar-refractivity contribution < 1.29 is 34.1 Å². The molecule has 1 amide bonds.